The van der Waals surface area contributed by atoms with Gasteiger partial charge in [-0.15, -0.1) is 0 Å². The van der Waals surface area contributed by atoms with Gasteiger partial charge in [0.05, 0.1) is 33.5 Å². The van der Waals surface area contributed by atoms with Crippen molar-refractivity contribution in [3.8, 4) is 17.6 Å². The molecule has 1 aliphatic carbocycles. The fraction of sp³-hybridized carbons (Fsp3) is 0.455. The summed E-state index contributed by atoms with van der Waals surface area (Å²) in [6.45, 7) is 8.02. The van der Waals surface area contributed by atoms with E-state index in [0.717, 1.165) is 57.7 Å². The number of benzene rings is 3. The maximum Gasteiger partial charge on any atom is 0.329 e. The van der Waals surface area contributed by atoms with Crippen molar-refractivity contribution < 1.29 is 27.8 Å². The molecule has 324 valence electrons. The van der Waals surface area contributed by atoms with Crippen LogP contribution in [0.2, 0.25) is 0 Å². The molecule has 4 saturated heterocycles. The maximum absolute atomic E-state index is 15.3. The van der Waals surface area contributed by atoms with Crippen LogP contribution in [0.25, 0.3) is 21.9 Å². The summed E-state index contributed by atoms with van der Waals surface area (Å²) in [4.78, 5) is 38.4. The molecular weight excluding hydrogens is 817 g/mol. The van der Waals surface area contributed by atoms with Gasteiger partial charge in [0, 0.05) is 107 Å². The van der Waals surface area contributed by atoms with Crippen molar-refractivity contribution >= 4 is 63.2 Å². The number of nitrogens with one attached hydrogen (secondary N) is 2. The topological polar surface area (TPSA) is 157 Å². The Morgan fingerprint density at radius 3 is 2.52 bits per heavy atom. The van der Waals surface area contributed by atoms with Gasteiger partial charge in [-0.25, -0.2) is 17.9 Å². The zero-order valence-electron chi connectivity index (χ0n) is 35.0. The van der Waals surface area contributed by atoms with Crippen molar-refractivity contribution in [3.63, 3.8) is 0 Å². The molecule has 18 heteroatoms. The van der Waals surface area contributed by atoms with Crippen LogP contribution in [0, 0.1) is 28.4 Å². The summed E-state index contributed by atoms with van der Waals surface area (Å²) < 4.78 is 48.1. The van der Waals surface area contributed by atoms with E-state index in [1.165, 1.54) is 60.9 Å². The molecule has 0 atom stereocenters. The van der Waals surface area contributed by atoms with Crippen molar-refractivity contribution in [1.82, 2.24) is 34.3 Å². The lowest BCUT2D eigenvalue weighted by atomic mass is 9.60. The Labute approximate surface area is 362 Å². The van der Waals surface area contributed by atoms with E-state index in [9.17, 15) is 19.2 Å². The number of halogens is 2. The molecule has 0 unspecified atom stereocenters. The third kappa shape index (κ3) is 8.10. The molecule has 2 spiro atoms. The molecule has 6 heterocycles. The third-order valence-electron chi connectivity index (χ3n) is 13.0. The lowest BCUT2D eigenvalue weighted by molar-refractivity contribution is -0.120. The van der Waals surface area contributed by atoms with Gasteiger partial charge in [-0.2, -0.15) is 10.4 Å². The van der Waals surface area contributed by atoms with Crippen LogP contribution in [-0.2, 0) is 16.6 Å². The molecule has 4 aliphatic heterocycles. The highest BCUT2D eigenvalue weighted by Crippen LogP contribution is 2.53. The molecule has 15 nitrogen and oxygen atoms in total. The van der Waals surface area contributed by atoms with Crippen LogP contribution in [-0.4, -0.2) is 105 Å². The van der Waals surface area contributed by atoms with E-state index < -0.39 is 11.8 Å². The van der Waals surface area contributed by atoms with Gasteiger partial charge in [-0.05, 0) is 82.0 Å². The summed E-state index contributed by atoms with van der Waals surface area (Å²) in [6, 6.07) is 13.3. The monoisotopic (exact) mass is 865 g/mol. The smallest absolute Gasteiger partial charge is 0.329 e. The van der Waals surface area contributed by atoms with E-state index in [1.54, 1.807) is 42.3 Å². The number of hydrogen-bond acceptors (Lipinski definition) is 13. The number of urea groups is 1. The average molecular weight is 866 g/mol. The minimum atomic E-state index is -0.611. The molecule has 0 radical (unpaired) electrons. The van der Waals surface area contributed by atoms with E-state index in [4.69, 9.17) is 9.47 Å². The molecule has 5 aliphatic rings. The molecular formula is C44H49F2N11O4S. The predicted molar refractivity (Wildman–Crippen MR) is 233 cm³/mol. The van der Waals surface area contributed by atoms with Gasteiger partial charge in [0.15, 0.2) is 17.4 Å². The molecule has 5 aromatic rings. The van der Waals surface area contributed by atoms with Gasteiger partial charge in [0.1, 0.15) is 23.2 Å². The zero-order valence-corrected chi connectivity index (χ0v) is 35.8. The molecule has 5 fully saturated rings. The van der Waals surface area contributed by atoms with E-state index >= 15 is 4.39 Å². The first-order chi connectivity index (χ1) is 30.0. The number of anilines is 3. The van der Waals surface area contributed by atoms with Gasteiger partial charge in [-0.3, -0.25) is 29.7 Å². The number of imide groups is 1. The summed E-state index contributed by atoms with van der Waals surface area (Å²) in [5, 5.41) is 16.9. The third-order valence-corrected chi connectivity index (χ3v) is 13.9. The predicted octanol–water partition coefficient (Wildman–Crippen LogP) is 7.13. The number of likely N-dealkylation sites (tertiary alicyclic amines) is 1. The number of hydrogen-bond donors (Lipinski definition) is 2. The standard InChI is InChI=1S/C26H33FN6O3.C18H16FN5OS/c1-30-20-12-21(19(27)11-18(20)23(29-30)33-7-3-22(34)28-24(33)35)32-15-25(16-32)13-17(14-25)31-8-5-26(6-9-31)4-2-10-36-26;1-3-24(2)26-23-15-7-5-14(19)18(13(15)11-20)25-12-4-6-16-17(10-12)22-9-8-21-16/h11-12,17H,2-10,13-16H2,1H3,(H,28,34,35);4-10,23H,3H2,1-2H3. The number of carbonyl (C=O) groups is 2. The first kappa shape index (κ1) is 41.7. The summed E-state index contributed by atoms with van der Waals surface area (Å²) >= 11 is 1.32. The second-order valence-electron chi connectivity index (χ2n) is 17.0. The van der Waals surface area contributed by atoms with Gasteiger partial charge in [0.2, 0.25) is 5.91 Å². The molecule has 10 rings (SSSR count). The van der Waals surface area contributed by atoms with E-state index in [-0.39, 0.29) is 41.6 Å². The Hall–Kier alpha value is -5.61. The van der Waals surface area contributed by atoms with Crippen LogP contribution in [0.5, 0.6) is 11.5 Å². The molecule has 1 saturated carbocycles. The Kier molecular flexibility index (Phi) is 11.4. The number of nitriles is 1. The Morgan fingerprint density at radius 2 is 1.81 bits per heavy atom. The van der Waals surface area contributed by atoms with Crippen molar-refractivity contribution in [1.29, 1.82) is 5.26 Å². The molecule has 0 bridgehead atoms. The average Bonchev–Trinajstić information content (AvgIpc) is 3.83. The van der Waals surface area contributed by atoms with E-state index in [2.05, 4.69) is 34.9 Å². The van der Waals surface area contributed by atoms with Crippen LogP contribution in [0.15, 0.2) is 54.9 Å². The Bertz CT molecular complexity index is 2560. The number of aryl methyl sites for hydroxylation is 1. The van der Waals surface area contributed by atoms with Gasteiger partial charge in [-0.1, -0.05) is 6.92 Å². The number of rotatable bonds is 9. The van der Waals surface area contributed by atoms with Crippen molar-refractivity contribution in [2.45, 2.75) is 63.5 Å². The summed E-state index contributed by atoms with van der Waals surface area (Å²) in [7, 11) is 3.70. The molecule has 3 amide bonds. The van der Waals surface area contributed by atoms with Crippen LogP contribution in [0.3, 0.4) is 0 Å². The van der Waals surface area contributed by atoms with Crippen molar-refractivity contribution in [2.24, 2.45) is 12.5 Å². The number of piperidine rings is 1. The first-order valence-corrected chi connectivity index (χ1v) is 21.9. The number of aromatic nitrogens is 4. The van der Waals surface area contributed by atoms with Crippen LogP contribution in [0.1, 0.15) is 57.4 Å². The molecule has 2 N–H and O–H groups in total. The zero-order chi connectivity index (χ0) is 43.2. The largest absolute Gasteiger partial charge is 0.453 e. The van der Waals surface area contributed by atoms with Crippen LogP contribution in [0.4, 0.5) is 30.8 Å². The van der Waals surface area contributed by atoms with Gasteiger partial charge in [0.25, 0.3) is 0 Å². The molecule has 3 aromatic carbocycles. The van der Waals surface area contributed by atoms with Crippen LogP contribution >= 0.6 is 12.1 Å². The minimum absolute atomic E-state index is 0.0984. The summed E-state index contributed by atoms with van der Waals surface area (Å²) in [5.74, 6) is -0.573. The number of fused-ring (bicyclic) bond motifs is 2. The lowest BCUT2D eigenvalue weighted by Gasteiger charge is -2.62. The number of carbonyl (C=O) groups excluding carboxylic acids is 2. The summed E-state index contributed by atoms with van der Waals surface area (Å²) in [5.41, 5.74) is 3.76. The van der Waals surface area contributed by atoms with Gasteiger partial charge >= 0.3 is 6.03 Å². The SMILES string of the molecule is CCN(C)SNc1ccc(F)c(Oc2ccc3nccnc3c2)c1C#N.Cn1nc(N2CCC(=O)NC2=O)c2cc(F)c(N3CC4(CC(N5CCC6(CCCO6)CC5)C4)C3)cc21. The second kappa shape index (κ2) is 16.9. The molecule has 2 aromatic heterocycles. The second-order valence-corrected chi connectivity index (χ2v) is 18.0. The van der Waals surface area contributed by atoms with Crippen molar-refractivity contribution in [2.75, 3.05) is 67.4 Å². The number of nitrogens with zero attached hydrogens (tertiary/aromatic N) is 9. The lowest BCUT2D eigenvalue weighted by Crippen LogP contribution is -2.67. The highest BCUT2D eigenvalue weighted by molar-refractivity contribution is 7.98. The number of ether oxygens (including phenoxy) is 2. The fourth-order valence-electron chi connectivity index (χ4n) is 9.46. The molecule has 62 heavy (non-hydrogen) atoms. The first-order valence-electron chi connectivity index (χ1n) is 21.1. The summed E-state index contributed by atoms with van der Waals surface area (Å²) in [6.07, 6.45) is 10.5. The Morgan fingerprint density at radius 1 is 1.03 bits per heavy atom. The Balaban J connectivity index is 0.000000168. The van der Waals surface area contributed by atoms with Gasteiger partial charge < -0.3 is 24.0 Å². The highest BCUT2D eigenvalue weighted by atomic mass is 32.2. The normalized spacial score (nSPS) is 19.6. The highest BCUT2D eigenvalue weighted by Gasteiger charge is 2.55. The number of amides is 3. The van der Waals surface area contributed by atoms with Crippen molar-refractivity contribution in [3.05, 3.63) is 72.1 Å². The fourth-order valence-corrected chi connectivity index (χ4v) is 10.0. The quantitative estimate of drug-likeness (QED) is 0.144. The maximum atomic E-state index is 15.3. The van der Waals surface area contributed by atoms with Crippen LogP contribution < -0.4 is 24.6 Å². The minimum Gasteiger partial charge on any atom is -0.453 e. The van der Waals surface area contributed by atoms with E-state index in [1.807, 2.05) is 30.4 Å². The van der Waals surface area contributed by atoms with E-state index in [0.29, 0.717) is 50.8 Å².